The predicted octanol–water partition coefficient (Wildman–Crippen LogP) is 5.48. The number of nitrogens with zero attached hydrogens (tertiary/aromatic N) is 1. The van der Waals surface area contributed by atoms with E-state index in [1.165, 1.54) is 17.7 Å². The maximum atomic E-state index is 13.7. The molecule has 0 fully saturated rings. The SMILES string of the molecule is COc1cc2c(cc1OC)C1=CC(c3ccc(F)cc3)C3=C(CC(C)(C)CC3=O)N1CC2. The number of fused-ring (bicyclic) bond motifs is 4. The van der Waals surface area contributed by atoms with Gasteiger partial charge in [0.05, 0.1) is 14.2 Å². The average molecular weight is 434 g/mol. The zero-order valence-electron chi connectivity index (χ0n) is 19.0. The molecule has 0 amide bonds. The van der Waals surface area contributed by atoms with E-state index in [4.69, 9.17) is 9.47 Å². The molecule has 2 aliphatic heterocycles. The van der Waals surface area contributed by atoms with Crippen molar-refractivity contribution in [2.45, 2.75) is 39.0 Å². The van der Waals surface area contributed by atoms with E-state index in [1.54, 1.807) is 26.4 Å². The highest BCUT2D eigenvalue weighted by Crippen LogP contribution is 2.51. The summed E-state index contributed by atoms with van der Waals surface area (Å²) in [7, 11) is 3.29. The Hall–Kier alpha value is -3.08. The Bertz CT molecular complexity index is 1160. The van der Waals surface area contributed by atoms with Gasteiger partial charge in [-0.15, -0.1) is 0 Å². The molecule has 2 heterocycles. The van der Waals surface area contributed by atoms with Crippen LogP contribution in [0.25, 0.3) is 5.70 Å². The van der Waals surface area contributed by atoms with Gasteiger partial charge in [-0.05, 0) is 59.7 Å². The van der Waals surface area contributed by atoms with Crippen LogP contribution in [-0.2, 0) is 11.2 Å². The molecule has 1 atom stereocenters. The highest BCUT2D eigenvalue weighted by atomic mass is 19.1. The number of hydrogen-bond acceptors (Lipinski definition) is 4. The lowest BCUT2D eigenvalue weighted by Gasteiger charge is -2.46. The number of ketones is 1. The summed E-state index contributed by atoms with van der Waals surface area (Å²) >= 11 is 0. The molecule has 4 nitrogen and oxygen atoms in total. The Morgan fingerprint density at radius 1 is 1.03 bits per heavy atom. The molecule has 1 unspecified atom stereocenters. The van der Waals surface area contributed by atoms with Gasteiger partial charge in [0.1, 0.15) is 5.82 Å². The third-order valence-corrected chi connectivity index (χ3v) is 6.87. The molecule has 5 heteroatoms. The van der Waals surface area contributed by atoms with Gasteiger partial charge in [0.2, 0.25) is 0 Å². The van der Waals surface area contributed by atoms with Crippen LogP contribution in [0.15, 0.2) is 53.7 Å². The van der Waals surface area contributed by atoms with E-state index in [9.17, 15) is 9.18 Å². The van der Waals surface area contributed by atoms with Gasteiger partial charge in [-0.25, -0.2) is 4.39 Å². The van der Waals surface area contributed by atoms with Gasteiger partial charge in [-0.2, -0.15) is 0 Å². The maximum Gasteiger partial charge on any atom is 0.162 e. The molecule has 2 aromatic carbocycles. The summed E-state index contributed by atoms with van der Waals surface area (Å²) < 4.78 is 24.8. The number of carbonyl (C=O) groups is 1. The van der Waals surface area contributed by atoms with Crippen molar-refractivity contribution in [1.82, 2.24) is 4.90 Å². The lowest BCUT2D eigenvalue weighted by molar-refractivity contribution is -0.118. The molecule has 0 saturated heterocycles. The van der Waals surface area contributed by atoms with Gasteiger partial charge in [-0.1, -0.05) is 26.0 Å². The minimum Gasteiger partial charge on any atom is -0.493 e. The summed E-state index contributed by atoms with van der Waals surface area (Å²) in [6.07, 6.45) is 4.40. The number of hydrogen-bond donors (Lipinski definition) is 0. The minimum absolute atomic E-state index is 0.0937. The standard InChI is InChI=1S/C27H28FNO3/c1-27(2)14-22-26(23(30)15-27)20(16-5-7-18(28)8-6-16)12-21-19-13-25(32-4)24(31-3)11-17(19)9-10-29(21)22/h5-8,11-13,20H,9-10,14-15H2,1-4H3. The molecule has 0 spiro atoms. The fourth-order valence-corrected chi connectivity index (χ4v) is 5.39. The van der Waals surface area contributed by atoms with Crippen molar-refractivity contribution in [3.05, 3.63) is 76.3 Å². The molecule has 5 rings (SSSR count). The van der Waals surface area contributed by atoms with E-state index in [-0.39, 0.29) is 22.9 Å². The average Bonchev–Trinajstić information content (AvgIpc) is 2.77. The van der Waals surface area contributed by atoms with Crippen molar-refractivity contribution in [1.29, 1.82) is 0 Å². The molecular weight excluding hydrogens is 405 g/mol. The number of rotatable bonds is 3. The maximum absolute atomic E-state index is 13.7. The summed E-state index contributed by atoms with van der Waals surface area (Å²) in [6, 6.07) is 10.6. The van der Waals surface area contributed by atoms with Crippen LogP contribution in [0.2, 0.25) is 0 Å². The van der Waals surface area contributed by atoms with E-state index in [1.807, 2.05) is 6.07 Å². The molecule has 0 aromatic heterocycles. The molecule has 3 aliphatic rings. The third-order valence-electron chi connectivity index (χ3n) is 6.87. The van der Waals surface area contributed by atoms with Gasteiger partial charge < -0.3 is 14.4 Å². The molecule has 2 aromatic rings. The van der Waals surface area contributed by atoms with Crippen LogP contribution in [-0.4, -0.2) is 31.4 Å². The number of methoxy groups -OCH3 is 2. The minimum atomic E-state index is -0.274. The zero-order valence-corrected chi connectivity index (χ0v) is 19.0. The smallest absolute Gasteiger partial charge is 0.162 e. The van der Waals surface area contributed by atoms with Crippen molar-refractivity contribution < 1.29 is 18.7 Å². The van der Waals surface area contributed by atoms with E-state index >= 15 is 0 Å². The largest absolute Gasteiger partial charge is 0.493 e. The Morgan fingerprint density at radius 2 is 1.72 bits per heavy atom. The molecule has 0 saturated carbocycles. The highest BCUT2D eigenvalue weighted by Gasteiger charge is 2.42. The normalized spacial score (nSPS) is 21.4. The van der Waals surface area contributed by atoms with Gasteiger partial charge in [0.15, 0.2) is 17.3 Å². The lowest BCUT2D eigenvalue weighted by atomic mass is 9.69. The molecule has 32 heavy (non-hydrogen) atoms. The van der Waals surface area contributed by atoms with E-state index in [0.717, 1.165) is 53.2 Å². The van der Waals surface area contributed by atoms with Crippen molar-refractivity contribution in [2.24, 2.45) is 5.41 Å². The summed E-state index contributed by atoms with van der Waals surface area (Å²) in [5.74, 6) is 1.13. The summed E-state index contributed by atoms with van der Waals surface area (Å²) in [4.78, 5) is 15.7. The van der Waals surface area contributed by atoms with Crippen LogP contribution in [0.1, 0.15) is 49.3 Å². The van der Waals surface area contributed by atoms with Crippen molar-refractivity contribution in [2.75, 3.05) is 20.8 Å². The number of Topliss-reactive ketones (excluding diaryl/α,β-unsaturated/α-hetero) is 1. The fourth-order valence-electron chi connectivity index (χ4n) is 5.39. The first-order valence-corrected chi connectivity index (χ1v) is 11.1. The predicted molar refractivity (Wildman–Crippen MR) is 122 cm³/mol. The fraction of sp³-hybridized carbons (Fsp3) is 0.370. The van der Waals surface area contributed by atoms with Crippen molar-refractivity contribution in [3.63, 3.8) is 0 Å². The third kappa shape index (κ3) is 3.31. The van der Waals surface area contributed by atoms with E-state index in [0.29, 0.717) is 12.2 Å². The zero-order chi connectivity index (χ0) is 22.6. The second kappa shape index (κ2) is 7.51. The molecule has 0 radical (unpaired) electrons. The Morgan fingerprint density at radius 3 is 2.41 bits per heavy atom. The van der Waals surface area contributed by atoms with Crippen LogP contribution in [0.3, 0.4) is 0 Å². The topological polar surface area (TPSA) is 38.8 Å². The van der Waals surface area contributed by atoms with Crippen LogP contribution in [0.4, 0.5) is 4.39 Å². The first-order chi connectivity index (χ1) is 15.3. The van der Waals surface area contributed by atoms with E-state index in [2.05, 4.69) is 30.9 Å². The number of halogens is 1. The van der Waals surface area contributed by atoms with Crippen LogP contribution >= 0.6 is 0 Å². The Balaban J connectivity index is 1.71. The summed E-state index contributed by atoms with van der Waals surface area (Å²) in [6.45, 7) is 5.13. The molecule has 0 N–H and O–H groups in total. The first kappa shape index (κ1) is 20.8. The van der Waals surface area contributed by atoms with Crippen LogP contribution in [0, 0.1) is 11.2 Å². The van der Waals surface area contributed by atoms with Crippen LogP contribution < -0.4 is 9.47 Å². The van der Waals surface area contributed by atoms with Gasteiger partial charge in [0.25, 0.3) is 0 Å². The van der Waals surface area contributed by atoms with E-state index < -0.39 is 0 Å². The Kier molecular flexibility index (Phi) is 4.88. The van der Waals surface area contributed by atoms with Crippen LogP contribution in [0.5, 0.6) is 11.5 Å². The molecular formula is C27H28FNO3. The Labute approximate surface area is 188 Å². The van der Waals surface area contributed by atoms with Gasteiger partial charge in [0, 0.05) is 41.4 Å². The van der Waals surface area contributed by atoms with Gasteiger partial charge in [-0.3, -0.25) is 4.79 Å². The monoisotopic (exact) mass is 433 g/mol. The summed E-state index contributed by atoms with van der Waals surface area (Å²) in [5, 5.41) is 0. The second-order valence-electron chi connectivity index (χ2n) is 9.65. The van der Waals surface area contributed by atoms with Crippen molar-refractivity contribution in [3.8, 4) is 11.5 Å². The second-order valence-corrected chi connectivity index (χ2v) is 9.65. The lowest BCUT2D eigenvalue weighted by Crippen LogP contribution is -2.40. The number of ether oxygens (including phenoxy) is 2. The highest BCUT2D eigenvalue weighted by molar-refractivity contribution is 6.01. The molecule has 0 bridgehead atoms. The number of carbonyl (C=O) groups excluding carboxylic acids is 1. The quantitative estimate of drug-likeness (QED) is 0.642. The van der Waals surface area contributed by atoms with Gasteiger partial charge >= 0.3 is 0 Å². The van der Waals surface area contributed by atoms with Crippen molar-refractivity contribution >= 4 is 11.5 Å². The summed E-state index contributed by atoms with van der Waals surface area (Å²) in [5.41, 5.74) is 6.21. The molecule has 1 aliphatic carbocycles. The first-order valence-electron chi connectivity index (χ1n) is 11.1. The number of allylic oxidation sites excluding steroid dienone is 3. The molecule has 166 valence electrons. The number of benzene rings is 2.